The van der Waals surface area contributed by atoms with Crippen LogP contribution in [0.1, 0.15) is 60.2 Å². The Morgan fingerprint density at radius 3 is 2.53 bits per heavy atom. The summed E-state index contributed by atoms with van der Waals surface area (Å²) in [6.45, 7) is 10.4. The summed E-state index contributed by atoms with van der Waals surface area (Å²) < 4.78 is 20.8. The van der Waals surface area contributed by atoms with Gasteiger partial charge in [-0.2, -0.15) is 5.10 Å². The van der Waals surface area contributed by atoms with E-state index in [9.17, 15) is 9.18 Å². The molecule has 7 nitrogen and oxygen atoms in total. The maximum absolute atomic E-state index is 13.5. The van der Waals surface area contributed by atoms with Crippen LogP contribution in [-0.4, -0.2) is 44.7 Å². The highest BCUT2D eigenvalue weighted by molar-refractivity contribution is 6.06. The van der Waals surface area contributed by atoms with Gasteiger partial charge in [-0.25, -0.2) is 14.1 Å². The number of furan rings is 1. The van der Waals surface area contributed by atoms with Crippen molar-refractivity contribution in [3.8, 4) is 11.3 Å². The topological polar surface area (TPSA) is 76.2 Å². The maximum atomic E-state index is 13.5. The van der Waals surface area contributed by atoms with Crippen molar-refractivity contribution in [2.45, 2.75) is 59.2 Å². The third-order valence-corrected chi connectivity index (χ3v) is 6.86. The summed E-state index contributed by atoms with van der Waals surface area (Å²) in [6.07, 6.45) is 3.46. The van der Waals surface area contributed by atoms with Gasteiger partial charge in [0.25, 0.3) is 5.91 Å². The quantitative estimate of drug-likeness (QED) is 0.391. The monoisotopic (exact) mass is 489 g/mol. The van der Waals surface area contributed by atoms with Crippen LogP contribution in [0.5, 0.6) is 0 Å². The first kappa shape index (κ1) is 24.2. The number of nitrogens with zero attached hydrogens (tertiary/aromatic N) is 4. The zero-order valence-electron chi connectivity index (χ0n) is 21.2. The van der Waals surface area contributed by atoms with Gasteiger partial charge in [-0.1, -0.05) is 12.1 Å². The van der Waals surface area contributed by atoms with E-state index < -0.39 is 0 Å². The lowest BCUT2D eigenvalue weighted by atomic mass is 10.0. The summed E-state index contributed by atoms with van der Waals surface area (Å²) in [4.78, 5) is 20.8. The lowest BCUT2D eigenvalue weighted by Crippen LogP contribution is -2.44. The van der Waals surface area contributed by atoms with Crippen molar-refractivity contribution >= 4 is 16.9 Å². The van der Waals surface area contributed by atoms with Gasteiger partial charge in [0.05, 0.1) is 22.8 Å². The number of pyridine rings is 1. The Hall–Kier alpha value is -3.52. The number of carbonyl (C=O) groups is 1. The fraction of sp³-hybridized carbons (Fsp3) is 0.393. The first-order chi connectivity index (χ1) is 17.3. The van der Waals surface area contributed by atoms with E-state index in [1.165, 1.54) is 12.1 Å². The molecule has 0 atom stereocenters. The van der Waals surface area contributed by atoms with Crippen LogP contribution in [0, 0.1) is 19.7 Å². The number of carbonyl (C=O) groups excluding carboxylic acids is 1. The maximum Gasteiger partial charge on any atom is 0.252 e. The zero-order chi connectivity index (χ0) is 25.4. The number of halogens is 1. The van der Waals surface area contributed by atoms with Crippen molar-refractivity contribution in [2.24, 2.45) is 0 Å². The molecule has 3 aromatic heterocycles. The minimum absolute atomic E-state index is 0.0895. The van der Waals surface area contributed by atoms with Crippen LogP contribution >= 0.6 is 0 Å². The van der Waals surface area contributed by atoms with Crippen LogP contribution in [-0.2, 0) is 6.54 Å². The number of rotatable bonds is 6. The minimum atomic E-state index is -0.217. The van der Waals surface area contributed by atoms with Crippen molar-refractivity contribution in [1.29, 1.82) is 0 Å². The molecule has 1 aliphatic heterocycles. The summed E-state index contributed by atoms with van der Waals surface area (Å²) in [5, 5.41) is 8.52. The number of amides is 1. The Morgan fingerprint density at radius 1 is 1.17 bits per heavy atom. The highest BCUT2D eigenvalue weighted by Gasteiger charge is 2.24. The van der Waals surface area contributed by atoms with Crippen molar-refractivity contribution < 1.29 is 13.6 Å². The second kappa shape index (κ2) is 9.85. The van der Waals surface area contributed by atoms with Crippen LogP contribution in [0.15, 0.2) is 47.0 Å². The molecule has 4 heterocycles. The van der Waals surface area contributed by atoms with E-state index in [1.54, 1.807) is 6.20 Å². The predicted molar refractivity (Wildman–Crippen MR) is 137 cm³/mol. The molecular formula is C28H32FN5O2. The van der Waals surface area contributed by atoms with E-state index in [0.717, 1.165) is 60.5 Å². The summed E-state index contributed by atoms with van der Waals surface area (Å²) >= 11 is 0. The summed E-state index contributed by atoms with van der Waals surface area (Å²) in [5.41, 5.74) is 3.96. The number of hydrogen-bond donors (Lipinski definition) is 1. The van der Waals surface area contributed by atoms with E-state index in [4.69, 9.17) is 9.40 Å². The van der Waals surface area contributed by atoms with Gasteiger partial charge in [0.15, 0.2) is 5.65 Å². The third kappa shape index (κ3) is 4.91. The molecular weight excluding hydrogens is 457 g/mol. The van der Waals surface area contributed by atoms with Gasteiger partial charge in [0.1, 0.15) is 17.3 Å². The van der Waals surface area contributed by atoms with Crippen LogP contribution in [0.4, 0.5) is 4.39 Å². The summed E-state index contributed by atoms with van der Waals surface area (Å²) in [6, 6.07) is 10.7. The molecule has 0 radical (unpaired) electrons. The second-order valence-corrected chi connectivity index (χ2v) is 9.95. The molecule has 4 aromatic rings. The van der Waals surface area contributed by atoms with Gasteiger partial charge in [0, 0.05) is 37.3 Å². The standard InChI is InChI=1S/C28H32FN5O2/c1-17(2)34-27-25(15-30-34)24(14-26(32-27)23-13-18(3)36-19(23)4)28(35)31-22-9-11-33(12-10-22)16-20-5-7-21(29)8-6-20/h5-8,13-15,17,22H,9-12,16H2,1-4H3,(H,31,35). The SMILES string of the molecule is Cc1cc(-c2cc(C(=O)NC3CCN(Cc4ccc(F)cc4)CC3)c3cnn(C(C)C)c3n2)c(C)o1. The van der Waals surface area contributed by atoms with Gasteiger partial charge in [-0.05, 0) is 70.4 Å². The van der Waals surface area contributed by atoms with E-state index in [2.05, 4.69) is 15.3 Å². The smallest absolute Gasteiger partial charge is 0.252 e. The van der Waals surface area contributed by atoms with E-state index >= 15 is 0 Å². The van der Waals surface area contributed by atoms with E-state index in [-0.39, 0.29) is 23.8 Å². The lowest BCUT2D eigenvalue weighted by molar-refractivity contribution is 0.0910. The molecule has 0 unspecified atom stereocenters. The number of likely N-dealkylation sites (tertiary alicyclic amines) is 1. The molecule has 0 spiro atoms. The Morgan fingerprint density at radius 2 is 1.89 bits per heavy atom. The molecule has 5 rings (SSSR count). The fourth-order valence-corrected chi connectivity index (χ4v) is 4.95. The van der Waals surface area contributed by atoms with Gasteiger partial charge < -0.3 is 9.73 Å². The van der Waals surface area contributed by atoms with Gasteiger partial charge >= 0.3 is 0 Å². The van der Waals surface area contributed by atoms with Crippen LogP contribution in [0.3, 0.4) is 0 Å². The van der Waals surface area contributed by atoms with Gasteiger partial charge in [0.2, 0.25) is 0 Å². The number of aromatic nitrogens is 3. The molecule has 0 bridgehead atoms. The predicted octanol–water partition coefficient (Wildman–Crippen LogP) is 5.42. The molecule has 1 aromatic carbocycles. The number of aryl methyl sites for hydroxylation is 2. The van der Waals surface area contributed by atoms with Crippen LogP contribution in [0.25, 0.3) is 22.3 Å². The van der Waals surface area contributed by atoms with Crippen molar-refractivity contribution in [2.75, 3.05) is 13.1 Å². The van der Waals surface area contributed by atoms with Crippen LogP contribution in [0.2, 0.25) is 0 Å². The molecule has 1 fully saturated rings. The number of fused-ring (bicyclic) bond motifs is 1. The number of piperidine rings is 1. The normalized spacial score (nSPS) is 15.2. The third-order valence-electron chi connectivity index (χ3n) is 6.86. The lowest BCUT2D eigenvalue weighted by Gasteiger charge is -2.32. The first-order valence-corrected chi connectivity index (χ1v) is 12.5. The van der Waals surface area contributed by atoms with Crippen molar-refractivity contribution in [3.63, 3.8) is 0 Å². The summed E-state index contributed by atoms with van der Waals surface area (Å²) in [7, 11) is 0. The van der Waals surface area contributed by atoms with Crippen molar-refractivity contribution in [1.82, 2.24) is 25.0 Å². The summed E-state index contributed by atoms with van der Waals surface area (Å²) in [5.74, 6) is 1.25. The average molecular weight is 490 g/mol. The molecule has 36 heavy (non-hydrogen) atoms. The Kier molecular flexibility index (Phi) is 6.62. The largest absolute Gasteiger partial charge is 0.466 e. The first-order valence-electron chi connectivity index (χ1n) is 12.5. The minimum Gasteiger partial charge on any atom is -0.466 e. The molecule has 0 aliphatic carbocycles. The number of benzene rings is 1. The molecule has 0 saturated carbocycles. The molecule has 1 saturated heterocycles. The molecule has 188 valence electrons. The van der Waals surface area contributed by atoms with Gasteiger partial charge in [-0.15, -0.1) is 0 Å². The van der Waals surface area contributed by atoms with Crippen molar-refractivity contribution in [3.05, 3.63) is 71.1 Å². The number of nitrogens with one attached hydrogen (secondary N) is 1. The highest BCUT2D eigenvalue weighted by atomic mass is 19.1. The Balaban J connectivity index is 1.35. The zero-order valence-corrected chi connectivity index (χ0v) is 21.2. The average Bonchev–Trinajstić information content (AvgIpc) is 3.43. The molecule has 8 heteroatoms. The second-order valence-electron chi connectivity index (χ2n) is 9.95. The number of hydrogen-bond acceptors (Lipinski definition) is 5. The van der Waals surface area contributed by atoms with Crippen LogP contribution < -0.4 is 5.32 Å². The Bertz CT molecular complexity index is 1380. The van der Waals surface area contributed by atoms with E-state index in [1.807, 2.05) is 56.6 Å². The Labute approximate surface area is 210 Å². The molecule has 1 aliphatic rings. The molecule has 1 N–H and O–H groups in total. The molecule has 1 amide bonds. The fourth-order valence-electron chi connectivity index (χ4n) is 4.95. The van der Waals surface area contributed by atoms with E-state index in [0.29, 0.717) is 16.9 Å². The van der Waals surface area contributed by atoms with Gasteiger partial charge in [-0.3, -0.25) is 9.69 Å². The highest BCUT2D eigenvalue weighted by Crippen LogP contribution is 2.30.